The average molecular weight is 450 g/mol. The molecule has 0 aliphatic carbocycles. The number of hydrogen-bond acceptors (Lipinski definition) is 5. The molecule has 1 saturated heterocycles. The van der Waals surface area contributed by atoms with Crippen molar-refractivity contribution in [3.63, 3.8) is 0 Å². The summed E-state index contributed by atoms with van der Waals surface area (Å²) in [5.74, 6) is 1.03. The second kappa shape index (κ2) is 8.76. The van der Waals surface area contributed by atoms with Crippen LogP contribution in [0.5, 0.6) is 0 Å². The lowest BCUT2D eigenvalue weighted by Crippen LogP contribution is -2.43. The highest BCUT2D eigenvalue weighted by molar-refractivity contribution is 5.95. The fourth-order valence-electron chi connectivity index (χ4n) is 4.61. The van der Waals surface area contributed by atoms with Crippen LogP contribution >= 0.6 is 0 Å². The van der Waals surface area contributed by atoms with Crippen molar-refractivity contribution in [3.05, 3.63) is 85.1 Å². The summed E-state index contributed by atoms with van der Waals surface area (Å²) in [7, 11) is 0. The van der Waals surface area contributed by atoms with Crippen molar-refractivity contribution >= 4 is 16.9 Å². The third-order valence-electron chi connectivity index (χ3n) is 6.64. The van der Waals surface area contributed by atoms with Gasteiger partial charge in [-0.05, 0) is 30.7 Å². The number of benzene rings is 1. The van der Waals surface area contributed by atoms with Gasteiger partial charge < -0.3 is 15.2 Å². The van der Waals surface area contributed by atoms with Crippen molar-refractivity contribution in [2.45, 2.75) is 13.0 Å². The zero-order chi connectivity index (χ0) is 22.9. The van der Waals surface area contributed by atoms with Crippen LogP contribution in [0.25, 0.3) is 33.3 Å². The number of hydrogen-bond donors (Lipinski definition) is 2. The van der Waals surface area contributed by atoms with Gasteiger partial charge in [-0.1, -0.05) is 30.3 Å². The van der Waals surface area contributed by atoms with Crippen LogP contribution in [0.4, 0.5) is 5.82 Å². The van der Waals surface area contributed by atoms with Crippen LogP contribution in [0, 0.1) is 0 Å². The van der Waals surface area contributed by atoms with Crippen LogP contribution in [0.3, 0.4) is 0 Å². The van der Waals surface area contributed by atoms with E-state index in [1.54, 1.807) is 0 Å². The molecule has 5 heterocycles. The maximum absolute atomic E-state index is 4.73. The third kappa shape index (κ3) is 3.84. The number of pyridine rings is 2. The van der Waals surface area contributed by atoms with E-state index < -0.39 is 0 Å². The van der Waals surface area contributed by atoms with Gasteiger partial charge in [0.1, 0.15) is 11.5 Å². The molecule has 1 aliphatic rings. The van der Waals surface area contributed by atoms with E-state index in [0.29, 0.717) is 0 Å². The first-order valence-electron chi connectivity index (χ1n) is 11.7. The quantitative estimate of drug-likeness (QED) is 0.413. The summed E-state index contributed by atoms with van der Waals surface area (Å²) in [5.41, 5.74) is 6.39. The zero-order valence-corrected chi connectivity index (χ0v) is 19.1. The van der Waals surface area contributed by atoms with Gasteiger partial charge in [-0.15, -0.1) is 0 Å². The Morgan fingerprint density at radius 1 is 0.882 bits per heavy atom. The standard InChI is InChI=1S/C27H27N7/c1-19(20-5-3-2-4-6-20)34-18-23(16-32-34)25-17-31-27-24(25)13-22(15-30-27)21-7-8-26(29-14-21)33-11-9-28-10-12-33/h2-8,13-19,28H,9-12H2,1H3,(H,30,31). The van der Waals surface area contributed by atoms with E-state index in [4.69, 9.17) is 4.98 Å². The Kier molecular flexibility index (Phi) is 5.31. The fourth-order valence-corrected chi connectivity index (χ4v) is 4.61. The van der Waals surface area contributed by atoms with Gasteiger partial charge in [0.2, 0.25) is 0 Å². The molecule has 0 bridgehead atoms. The number of nitrogens with zero attached hydrogens (tertiary/aromatic N) is 5. The van der Waals surface area contributed by atoms with Gasteiger partial charge >= 0.3 is 0 Å². The third-order valence-corrected chi connectivity index (χ3v) is 6.64. The lowest BCUT2D eigenvalue weighted by Gasteiger charge is -2.28. The number of anilines is 1. The topological polar surface area (TPSA) is 74.7 Å². The summed E-state index contributed by atoms with van der Waals surface area (Å²) >= 11 is 0. The van der Waals surface area contributed by atoms with Crippen LogP contribution in [-0.2, 0) is 0 Å². The monoisotopic (exact) mass is 449 g/mol. The molecule has 0 amide bonds. The van der Waals surface area contributed by atoms with Gasteiger partial charge in [0.15, 0.2) is 0 Å². The normalized spacial score (nSPS) is 15.0. The number of fused-ring (bicyclic) bond motifs is 1. The fraction of sp³-hybridized carbons (Fsp3) is 0.222. The molecule has 4 aromatic heterocycles. The molecule has 1 fully saturated rings. The molecule has 6 rings (SSSR count). The van der Waals surface area contributed by atoms with Gasteiger partial charge in [-0.3, -0.25) is 4.68 Å². The van der Waals surface area contributed by atoms with Crippen molar-refractivity contribution in [3.8, 4) is 22.3 Å². The molecule has 0 saturated carbocycles. The van der Waals surface area contributed by atoms with Crippen LogP contribution in [0.2, 0.25) is 0 Å². The van der Waals surface area contributed by atoms with E-state index in [2.05, 4.69) is 80.9 Å². The lowest BCUT2D eigenvalue weighted by atomic mass is 10.1. The molecule has 1 unspecified atom stereocenters. The van der Waals surface area contributed by atoms with E-state index in [0.717, 1.165) is 65.3 Å². The van der Waals surface area contributed by atoms with Crippen LogP contribution in [0.1, 0.15) is 18.5 Å². The number of aromatic amines is 1. The Bertz CT molecular complexity index is 1400. The lowest BCUT2D eigenvalue weighted by molar-refractivity contribution is 0.565. The molecule has 34 heavy (non-hydrogen) atoms. The molecule has 7 heteroatoms. The maximum atomic E-state index is 4.73. The molecular weight excluding hydrogens is 422 g/mol. The summed E-state index contributed by atoms with van der Waals surface area (Å²) in [6.07, 6.45) is 9.91. The van der Waals surface area contributed by atoms with Crippen LogP contribution in [0.15, 0.2) is 79.5 Å². The summed E-state index contributed by atoms with van der Waals surface area (Å²) in [5, 5.41) is 9.12. The van der Waals surface area contributed by atoms with E-state index in [-0.39, 0.29) is 6.04 Å². The Morgan fingerprint density at radius 2 is 1.71 bits per heavy atom. The molecule has 170 valence electrons. The zero-order valence-electron chi connectivity index (χ0n) is 19.1. The van der Waals surface area contributed by atoms with Gasteiger partial charge in [0, 0.05) is 78.6 Å². The molecule has 1 atom stereocenters. The first-order chi connectivity index (χ1) is 16.8. The summed E-state index contributed by atoms with van der Waals surface area (Å²) in [6.45, 7) is 6.15. The molecule has 0 spiro atoms. The second-order valence-corrected chi connectivity index (χ2v) is 8.76. The summed E-state index contributed by atoms with van der Waals surface area (Å²) in [6, 6.07) is 17.0. The molecule has 5 aromatic rings. The highest BCUT2D eigenvalue weighted by Crippen LogP contribution is 2.32. The molecular formula is C27H27N7. The Morgan fingerprint density at radius 3 is 2.50 bits per heavy atom. The van der Waals surface area contributed by atoms with Crippen molar-refractivity contribution in [2.24, 2.45) is 0 Å². The van der Waals surface area contributed by atoms with Crippen molar-refractivity contribution in [1.82, 2.24) is 30.0 Å². The smallest absolute Gasteiger partial charge is 0.137 e. The molecule has 1 aromatic carbocycles. The minimum absolute atomic E-state index is 0.161. The van der Waals surface area contributed by atoms with E-state index >= 15 is 0 Å². The molecule has 7 nitrogen and oxygen atoms in total. The van der Waals surface area contributed by atoms with E-state index in [1.807, 2.05) is 35.5 Å². The highest BCUT2D eigenvalue weighted by Gasteiger charge is 2.15. The van der Waals surface area contributed by atoms with E-state index in [1.165, 1.54) is 5.56 Å². The second-order valence-electron chi connectivity index (χ2n) is 8.76. The SMILES string of the molecule is CC(c1ccccc1)n1cc(-c2c[nH]c3ncc(-c4ccc(N5CCNCC5)nc4)cc23)cn1. The molecule has 1 aliphatic heterocycles. The van der Waals surface area contributed by atoms with Gasteiger partial charge in [0.25, 0.3) is 0 Å². The molecule has 2 N–H and O–H groups in total. The predicted molar refractivity (Wildman–Crippen MR) is 136 cm³/mol. The number of rotatable bonds is 5. The van der Waals surface area contributed by atoms with Crippen LogP contribution in [-0.4, -0.2) is 50.9 Å². The minimum Gasteiger partial charge on any atom is -0.354 e. The Hall–Kier alpha value is -3.97. The maximum Gasteiger partial charge on any atom is 0.137 e. The first-order valence-corrected chi connectivity index (χ1v) is 11.7. The van der Waals surface area contributed by atoms with E-state index in [9.17, 15) is 0 Å². The highest BCUT2D eigenvalue weighted by atomic mass is 15.3. The van der Waals surface area contributed by atoms with Gasteiger partial charge in [-0.2, -0.15) is 5.10 Å². The first kappa shape index (κ1) is 20.6. The summed E-state index contributed by atoms with van der Waals surface area (Å²) in [4.78, 5) is 15.0. The van der Waals surface area contributed by atoms with Gasteiger partial charge in [0.05, 0.1) is 12.2 Å². The van der Waals surface area contributed by atoms with Crippen molar-refractivity contribution in [2.75, 3.05) is 31.1 Å². The molecule has 0 radical (unpaired) electrons. The number of H-pyrrole nitrogens is 1. The number of nitrogens with one attached hydrogen (secondary N) is 2. The predicted octanol–water partition coefficient (Wildman–Crippen LogP) is 4.51. The minimum atomic E-state index is 0.161. The Balaban J connectivity index is 1.29. The van der Waals surface area contributed by atoms with Crippen LogP contribution < -0.4 is 10.2 Å². The number of aromatic nitrogens is 5. The number of piperazine rings is 1. The summed E-state index contributed by atoms with van der Waals surface area (Å²) < 4.78 is 2.01. The largest absolute Gasteiger partial charge is 0.354 e. The van der Waals surface area contributed by atoms with Crippen molar-refractivity contribution in [1.29, 1.82) is 0 Å². The van der Waals surface area contributed by atoms with Gasteiger partial charge in [-0.25, -0.2) is 9.97 Å². The average Bonchev–Trinajstić information content (AvgIpc) is 3.56. The van der Waals surface area contributed by atoms with Crippen molar-refractivity contribution < 1.29 is 0 Å². The Labute approximate surface area is 198 Å².